The zero-order chi connectivity index (χ0) is 24.5. The first-order valence-electron chi connectivity index (χ1n) is 11.7. The van der Waals surface area contributed by atoms with Gasteiger partial charge in [-0.1, -0.05) is 66.4 Å². The molecule has 0 fully saturated rings. The Kier molecular flexibility index (Phi) is 8.69. The highest BCUT2D eigenvalue weighted by Crippen LogP contribution is 2.23. The highest BCUT2D eigenvalue weighted by molar-refractivity contribution is 7.98. The lowest BCUT2D eigenvalue weighted by molar-refractivity contribution is -0.120. The van der Waals surface area contributed by atoms with E-state index < -0.39 is 0 Å². The van der Waals surface area contributed by atoms with Gasteiger partial charge in [-0.2, -0.15) is 5.10 Å². The number of aromatic nitrogens is 4. The Morgan fingerprint density at radius 3 is 2.54 bits per heavy atom. The maximum atomic E-state index is 12.5. The van der Waals surface area contributed by atoms with E-state index in [1.54, 1.807) is 10.9 Å². The van der Waals surface area contributed by atoms with Gasteiger partial charge in [-0.05, 0) is 29.9 Å². The summed E-state index contributed by atoms with van der Waals surface area (Å²) in [6, 6.07) is 18.3. The second-order valence-electron chi connectivity index (χ2n) is 7.88. The standard InChI is InChI=1S/C26H30N6O2S/c1-3-34-16-14-28-24-22-18-29-32(25(22)31-26(30-24)35-2)15-13-27-23(33)17-19-9-11-21(12-10-19)20-7-5-4-6-8-20/h4-12,18H,3,13-17H2,1-2H3,(H,27,33)(H,28,30,31). The van der Waals surface area contributed by atoms with Gasteiger partial charge in [-0.25, -0.2) is 14.6 Å². The maximum absolute atomic E-state index is 12.5. The Balaban J connectivity index is 1.33. The molecule has 0 spiro atoms. The zero-order valence-corrected chi connectivity index (χ0v) is 20.8. The predicted octanol–water partition coefficient (Wildman–Crippen LogP) is 4.02. The van der Waals surface area contributed by atoms with Crippen LogP contribution in [0.2, 0.25) is 0 Å². The van der Waals surface area contributed by atoms with Crippen molar-refractivity contribution in [3.8, 4) is 11.1 Å². The minimum Gasteiger partial charge on any atom is -0.380 e. The third-order valence-corrected chi connectivity index (χ3v) is 6.02. The number of carbonyl (C=O) groups is 1. The fraction of sp³-hybridized carbons (Fsp3) is 0.308. The van der Waals surface area contributed by atoms with Gasteiger partial charge in [0, 0.05) is 19.7 Å². The van der Waals surface area contributed by atoms with Gasteiger partial charge in [0.05, 0.1) is 31.2 Å². The van der Waals surface area contributed by atoms with Crippen molar-refractivity contribution in [1.29, 1.82) is 0 Å². The normalized spacial score (nSPS) is 11.0. The fourth-order valence-corrected chi connectivity index (χ4v) is 4.07. The van der Waals surface area contributed by atoms with E-state index >= 15 is 0 Å². The van der Waals surface area contributed by atoms with E-state index in [1.165, 1.54) is 11.8 Å². The van der Waals surface area contributed by atoms with Gasteiger partial charge in [0.2, 0.25) is 5.91 Å². The summed E-state index contributed by atoms with van der Waals surface area (Å²) in [5.41, 5.74) is 4.02. The van der Waals surface area contributed by atoms with E-state index in [9.17, 15) is 4.79 Å². The molecular weight excluding hydrogens is 460 g/mol. The molecule has 4 aromatic rings. The van der Waals surface area contributed by atoms with Crippen LogP contribution in [0.1, 0.15) is 12.5 Å². The minimum atomic E-state index is -0.0216. The predicted molar refractivity (Wildman–Crippen MR) is 141 cm³/mol. The summed E-state index contributed by atoms with van der Waals surface area (Å²) in [5.74, 6) is 0.722. The highest BCUT2D eigenvalue weighted by atomic mass is 32.2. The molecule has 8 nitrogen and oxygen atoms in total. The number of hydrogen-bond donors (Lipinski definition) is 2. The molecule has 0 aliphatic rings. The first-order chi connectivity index (χ1) is 17.2. The maximum Gasteiger partial charge on any atom is 0.224 e. The van der Waals surface area contributed by atoms with Crippen molar-refractivity contribution in [3.63, 3.8) is 0 Å². The Bertz CT molecular complexity index is 1240. The van der Waals surface area contributed by atoms with Crippen LogP contribution in [0.25, 0.3) is 22.2 Å². The molecule has 0 atom stereocenters. The number of anilines is 1. The number of amides is 1. The molecule has 0 saturated carbocycles. The van der Waals surface area contributed by atoms with Gasteiger partial charge >= 0.3 is 0 Å². The SMILES string of the molecule is CCOCCNc1nc(SC)nc2c1cnn2CCNC(=O)Cc1ccc(-c2ccccc2)cc1. The molecule has 1 amide bonds. The summed E-state index contributed by atoms with van der Waals surface area (Å²) in [6.45, 7) is 4.89. The number of hydrogen-bond acceptors (Lipinski definition) is 7. The van der Waals surface area contributed by atoms with Crippen LogP contribution in [0, 0.1) is 0 Å². The largest absolute Gasteiger partial charge is 0.380 e. The number of rotatable bonds is 12. The molecule has 0 aliphatic heterocycles. The third-order valence-electron chi connectivity index (χ3n) is 5.47. The average molecular weight is 491 g/mol. The van der Waals surface area contributed by atoms with E-state index in [-0.39, 0.29) is 5.91 Å². The van der Waals surface area contributed by atoms with Gasteiger partial charge in [-0.15, -0.1) is 0 Å². The molecule has 0 radical (unpaired) electrons. The van der Waals surface area contributed by atoms with E-state index in [0.29, 0.717) is 44.4 Å². The summed E-state index contributed by atoms with van der Waals surface area (Å²) < 4.78 is 7.21. The quantitative estimate of drug-likeness (QED) is 0.176. The lowest BCUT2D eigenvalue weighted by atomic mass is 10.0. The molecule has 2 aromatic carbocycles. The summed E-state index contributed by atoms with van der Waals surface area (Å²) in [5, 5.41) is 12.3. The summed E-state index contributed by atoms with van der Waals surface area (Å²) in [7, 11) is 0. The first-order valence-corrected chi connectivity index (χ1v) is 12.9. The minimum absolute atomic E-state index is 0.0216. The summed E-state index contributed by atoms with van der Waals surface area (Å²) in [6.07, 6.45) is 4.04. The van der Waals surface area contributed by atoms with Crippen molar-refractivity contribution in [2.24, 2.45) is 0 Å². The van der Waals surface area contributed by atoms with Crippen molar-refractivity contribution in [2.45, 2.75) is 25.0 Å². The van der Waals surface area contributed by atoms with Gasteiger partial charge in [-0.3, -0.25) is 4.79 Å². The van der Waals surface area contributed by atoms with Gasteiger partial charge in [0.25, 0.3) is 0 Å². The van der Waals surface area contributed by atoms with Crippen LogP contribution in [-0.4, -0.2) is 58.2 Å². The fourth-order valence-electron chi connectivity index (χ4n) is 3.71. The van der Waals surface area contributed by atoms with Gasteiger partial charge < -0.3 is 15.4 Å². The number of thioether (sulfide) groups is 1. The summed E-state index contributed by atoms with van der Waals surface area (Å²) >= 11 is 1.48. The number of nitrogens with zero attached hydrogens (tertiary/aromatic N) is 4. The van der Waals surface area contributed by atoms with Crippen LogP contribution in [0.5, 0.6) is 0 Å². The molecule has 2 heterocycles. The number of benzene rings is 2. The molecule has 4 rings (SSSR count). The molecule has 0 bridgehead atoms. The molecular formula is C26H30N6O2S. The van der Waals surface area contributed by atoms with E-state index in [2.05, 4.69) is 50.0 Å². The monoisotopic (exact) mass is 490 g/mol. The Morgan fingerprint density at radius 2 is 1.80 bits per heavy atom. The van der Waals surface area contributed by atoms with Crippen molar-refractivity contribution >= 4 is 34.5 Å². The van der Waals surface area contributed by atoms with E-state index in [0.717, 1.165) is 33.5 Å². The van der Waals surface area contributed by atoms with Crippen LogP contribution in [0.15, 0.2) is 66.0 Å². The number of carbonyl (C=O) groups excluding carboxylic acids is 1. The second-order valence-corrected chi connectivity index (χ2v) is 8.65. The van der Waals surface area contributed by atoms with Gasteiger partial charge in [0.15, 0.2) is 10.8 Å². The molecule has 2 N–H and O–H groups in total. The second kappa shape index (κ2) is 12.3. The Labute approximate surface area is 209 Å². The highest BCUT2D eigenvalue weighted by Gasteiger charge is 2.13. The number of fused-ring (bicyclic) bond motifs is 1. The molecule has 0 saturated heterocycles. The van der Waals surface area contributed by atoms with Crippen LogP contribution < -0.4 is 10.6 Å². The lowest BCUT2D eigenvalue weighted by Crippen LogP contribution is -2.28. The van der Waals surface area contributed by atoms with Crippen LogP contribution in [0.4, 0.5) is 5.82 Å². The van der Waals surface area contributed by atoms with E-state index in [4.69, 9.17) is 4.74 Å². The van der Waals surface area contributed by atoms with E-state index in [1.807, 2.05) is 43.5 Å². The zero-order valence-electron chi connectivity index (χ0n) is 20.0. The van der Waals surface area contributed by atoms with Crippen molar-refractivity contribution in [3.05, 3.63) is 66.4 Å². The molecule has 0 aliphatic carbocycles. The van der Waals surface area contributed by atoms with Crippen LogP contribution in [-0.2, 0) is 22.5 Å². The Hall–Kier alpha value is -3.43. The topological polar surface area (TPSA) is 94.0 Å². The average Bonchev–Trinajstić information content (AvgIpc) is 3.30. The van der Waals surface area contributed by atoms with Crippen molar-refractivity contribution in [2.75, 3.05) is 37.9 Å². The van der Waals surface area contributed by atoms with Crippen molar-refractivity contribution < 1.29 is 9.53 Å². The molecule has 182 valence electrons. The lowest BCUT2D eigenvalue weighted by Gasteiger charge is -2.10. The smallest absolute Gasteiger partial charge is 0.224 e. The molecule has 9 heteroatoms. The van der Waals surface area contributed by atoms with Crippen LogP contribution >= 0.6 is 11.8 Å². The number of nitrogens with one attached hydrogen (secondary N) is 2. The first kappa shape index (κ1) is 24.7. The van der Waals surface area contributed by atoms with Gasteiger partial charge in [0.1, 0.15) is 5.82 Å². The van der Waals surface area contributed by atoms with Crippen LogP contribution in [0.3, 0.4) is 0 Å². The number of ether oxygens (including phenoxy) is 1. The summed E-state index contributed by atoms with van der Waals surface area (Å²) in [4.78, 5) is 21.7. The molecule has 0 unspecified atom stereocenters. The molecule has 35 heavy (non-hydrogen) atoms. The van der Waals surface area contributed by atoms with Crippen molar-refractivity contribution in [1.82, 2.24) is 25.1 Å². The Morgan fingerprint density at radius 1 is 1.03 bits per heavy atom. The third kappa shape index (κ3) is 6.58. The molecule has 2 aromatic heterocycles.